The van der Waals surface area contributed by atoms with Crippen molar-refractivity contribution in [2.75, 3.05) is 12.4 Å². The second kappa shape index (κ2) is 3.33. The van der Waals surface area contributed by atoms with Crippen LogP contribution in [-0.2, 0) is 0 Å². The van der Waals surface area contributed by atoms with E-state index in [0.29, 0.717) is 6.42 Å². The van der Waals surface area contributed by atoms with E-state index in [1.54, 1.807) is 7.11 Å². The molecule has 0 radical (unpaired) electrons. The average molecular weight is 191 g/mol. The minimum Gasteiger partial charge on any atom is -0.497 e. The number of hydrogen-bond acceptors (Lipinski definition) is 3. The molecule has 1 aromatic carbocycles. The van der Waals surface area contributed by atoms with Crippen LogP contribution in [0, 0.1) is 0 Å². The molecule has 1 aromatic rings. The number of Topliss-reactive ketones (excluding diaryl/α,β-unsaturated/α-hetero) is 1. The molecule has 3 heteroatoms. The molecule has 0 bridgehead atoms. The van der Waals surface area contributed by atoms with Gasteiger partial charge < -0.3 is 10.1 Å². The zero-order chi connectivity index (χ0) is 10.1. The van der Waals surface area contributed by atoms with Crippen LogP contribution in [0.4, 0.5) is 5.69 Å². The Morgan fingerprint density at radius 1 is 1.50 bits per heavy atom. The van der Waals surface area contributed by atoms with E-state index in [4.69, 9.17) is 4.74 Å². The monoisotopic (exact) mass is 191 g/mol. The van der Waals surface area contributed by atoms with E-state index in [0.717, 1.165) is 17.0 Å². The molecule has 0 amide bonds. The highest BCUT2D eigenvalue weighted by Crippen LogP contribution is 2.28. The van der Waals surface area contributed by atoms with E-state index in [1.165, 1.54) is 0 Å². The molecule has 14 heavy (non-hydrogen) atoms. The van der Waals surface area contributed by atoms with Crippen molar-refractivity contribution in [1.82, 2.24) is 0 Å². The number of nitrogens with one attached hydrogen (secondary N) is 1. The highest BCUT2D eigenvalue weighted by atomic mass is 16.5. The molecule has 0 fully saturated rings. The van der Waals surface area contributed by atoms with Gasteiger partial charge in [0.1, 0.15) is 5.75 Å². The van der Waals surface area contributed by atoms with Crippen molar-refractivity contribution in [3.8, 4) is 5.75 Å². The standard InChI is InChI=1S/C11H13NO2/c1-7-5-11(13)9-4-3-8(14-2)6-10(9)12-7/h3-4,6-7,12H,5H2,1-2H3. The Bertz CT molecular complexity index is 374. The number of ether oxygens (including phenoxy) is 1. The van der Waals surface area contributed by atoms with E-state index in [2.05, 4.69) is 5.32 Å². The lowest BCUT2D eigenvalue weighted by Crippen LogP contribution is -2.26. The van der Waals surface area contributed by atoms with Crippen molar-refractivity contribution >= 4 is 11.5 Å². The number of fused-ring (bicyclic) bond motifs is 1. The molecule has 2 rings (SSSR count). The molecule has 1 aliphatic rings. The van der Waals surface area contributed by atoms with Crippen molar-refractivity contribution < 1.29 is 9.53 Å². The summed E-state index contributed by atoms with van der Waals surface area (Å²) >= 11 is 0. The van der Waals surface area contributed by atoms with E-state index in [-0.39, 0.29) is 11.8 Å². The summed E-state index contributed by atoms with van der Waals surface area (Å²) in [5.74, 6) is 0.979. The maximum absolute atomic E-state index is 11.6. The highest BCUT2D eigenvalue weighted by Gasteiger charge is 2.21. The minimum absolute atomic E-state index is 0.203. The number of anilines is 1. The van der Waals surface area contributed by atoms with Crippen LogP contribution < -0.4 is 10.1 Å². The van der Waals surface area contributed by atoms with Gasteiger partial charge >= 0.3 is 0 Å². The lowest BCUT2D eigenvalue weighted by molar-refractivity contribution is 0.0974. The number of ketones is 1. The fraction of sp³-hybridized carbons (Fsp3) is 0.364. The van der Waals surface area contributed by atoms with Gasteiger partial charge in [0, 0.05) is 29.8 Å². The van der Waals surface area contributed by atoms with Gasteiger partial charge in [0.15, 0.2) is 5.78 Å². The summed E-state index contributed by atoms with van der Waals surface area (Å²) < 4.78 is 5.10. The first-order chi connectivity index (χ1) is 6.70. The lowest BCUT2D eigenvalue weighted by atomic mass is 9.97. The van der Waals surface area contributed by atoms with Crippen LogP contribution >= 0.6 is 0 Å². The normalized spacial score (nSPS) is 19.9. The molecule has 3 nitrogen and oxygen atoms in total. The van der Waals surface area contributed by atoms with Gasteiger partial charge in [-0.2, -0.15) is 0 Å². The van der Waals surface area contributed by atoms with Crippen molar-refractivity contribution in [2.45, 2.75) is 19.4 Å². The van der Waals surface area contributed by atoms with Gasteiger partial charge in [0.25, 0.3) is 0 Å². The predicted octanol–water partition coefficient (Wildman–Crippen LogP) is 2.08. The quantitative estimate of drug-likeness (QED) is 0.738. The molecule has 1 N–H and O–H groups in total. The predicted molar refractivity (Wildman–Crippen MR) is 55.0 cm³/mol. The van der Waals surface area contributed by atoms with Crippen LogP contribution in [0.25, 0.3) is 0 Å². The van der Waals surface area contributed by atoms with E-state index >= 15 is 0 Å². The number of carbonyl (C=O) groups is 1. The summed E-state index contributed by atoms with van der Waals surface area (Å²) in [6.45, 7) is 2.00. The Labute approximate surface area is 83.1 Å². The summed E-state index contributed by atoms with van der Waals surface area (Å²) in [5, 5.41) is 3.26. The first kappa shape index (κ1) is 9.06. The lowest BCUT2D eigenvalue weighted by Gasteiger charge is -2.23. The Kier molecular flexibility index (Phi) is 2.15. The Balaban J connectivity index is 2.44. The average Bonchev–Trinajstić information content (AvgIpc) is 2.16. The van der Waals surface area contributed by atoms with Crippen molar-refractivity contribution in [2.24, 2.45) is 0 Å². The fourth-order valence-corrected chi connectivity index (χ4v) is 1.72. The summed E-state index contributed by atoms with van der Waals surface area (Å²) in [4.78, 5) is 11.6. The van der Waals surface area contributed by atoms with Crippen molar-refractivity contribution in [1.29, 1.82) is 0 Å². The molecule has 1 heterocycles. The molecule has 0 saturated heterocycles. The van der Waals surface area contributed by atoms with Crippen LogP contribution in [0.3, 0.4) is 0 Å². The number of rotatable bonds is 1. The zero-order valence-corrected chi connectivity index (χ0v) is 8.33. The van der Waals surface area contributed by atoms with Gasteiger partial charge in [-0.05, 0) is 19.1 Å². The molecular weight excluding hydrogens is 178 g/mol. The summed E-state index contributed by atoms with van der Waals surface area (Å²) in [5.41, 5.74) is 1.65. The SMILES string of the molecule is COc1ccc2c(c1)NC(C)CC2=O. The molecule has 0 saturated carbocycles. The number of hydrogen-bond donors (Lipinski definition) is 1. The van der Waals surface area contributed by atoms with Crippen LogP contribution in [0.5, 0.6) is 5.75 Å². The minimum atomic E-state index is 0.203. The number of benzene rings is 1. The van der Waals surface area contributed by atoms with E-state index < -0.39 is 0 Å². The van der Waals surface area contributed by atoms with Crippen LogP contribution in [0.15, 0.2) is 18.2 Å². The highest BCUT2D eigenvalue weighted by molar-refractivity contribution is 6.03. The maximum Gasteiger partial charge on any atom is 0.166 e. The molecule has 1 unspecified atom stereocenters. The van der Waals surface area contributed by atoms with E-state index in [9.17, 15) is 4.79 Å². The third kappa shape index (κ3) is 1.45. The van der Waals surface area contributed by atoms with Gasteiger partial charge in [0.2, 0.25) is 0 Å². The third-order valence-electron chi connectivity index (χ3n) is 2.42. The molecule has 1 atom stereocenters. The first-order valence-electron chi connectivity index (χ1n) is 4.68. The number of carbonyl (C=O) groups excluding carboxylic acids is 1. The molecule has 0 aliphatic carbocycles. The molecule has 1 aliphatic heterocycles. The first-order valence-corrected chi connectivity index (χ1v) is 4.68. The topological polar surface area (TPSA) is 38.3 Å². The largest absolute Gasteiger partial charge is 0.497 e. The Morgan fingerprint density at radius 3 is 3.00 bits per heavy atom. The molecule has 74 valence electrons. The maximum atomic E-state index is 11.6. The fourth-order valence-electron chi connectivity index (χ4n) is 1.72. The summed E-state index contributed by atoms with van der Waals surface area (Å²) in [6.07, 6.45) is 0.569. The van der Waals surface area contributed by atoms with Crippen molar-refractivity contribution in [3.63, 3.8) is 0 Å². The molecule has 0 aromatic heterocycles. The van der Waals surface area contributed by atoms with Gasteiger partial charge in [-0.15, -0.1) is 0 Å². The van der Waals surface area contributed by atoms with Gasteiger partial charge in [0.05, 0.1) is 7.11 Å². The second-order valence-electron chi connectivity index (χ2n) is 3.58. The number of methoxy groups -OCH3 is 1. The smallest absolute Gasteiger partial charge is 0.166 e. The van der Waals surface area contributed by atoms with Crippen LogP contribution in [0.2, 0.25) is 0 Å². The van der Waals surface area contributed by atoms with Crippen LogP contribution in [0.1, 0.15) is 23.7 Å². The second-order valence-corrected chi connectivity index (χ2v) is 3.58. The van der Waals surface area contributed by atoms with Crippen LogP contribution in [-0.4, -0.2) is 18.9 Å². The van der Waals surface area contributed by atoms with Crippen molar-refractivity contribution in [3.05, 3.63) is 23.8 Å². The van der Waals surface area contributed by atoms with E-state index in [1.807, 2.05) is 25.1 Å². The molecule has 0 spiro atoms. The summed E-state index contributed by atoms with van der Waals surface area (Å²) in [6, 6.07) is 5.70. The third-order valence-corrected chi connectivity index (χ3v) is 2.42. The van der Waals surface area contributed by atoms with Gasteiger partial charge in [-0.3, -0.25) is 4.79 Å². The molecular formula is C11H13NO2. The Morgan fingerprint density at radius 2 is 2.29 bits per heavy atom. The Hall–Kier alpha value is -1.51. The van der Waals surface area contributed by atoms with Gasteiger partial charge in [-0.25, -0.2) is 0 Å². The summed E-state index contributed by atoms with van der Waals surface area (Å²) in [7, 11) is 1.62. The zero-order valence-electron chi connectivity index (χ0n) is 8.33. The van der Waals surface area contributed by atoms with Gasteiger partial charge in [-0.1, -0.05) is 0 Å².